The van der Waals surface area contributed by atoms with Crippen LogP contribution in [-0.4, -0.2) is 60.2 Å². The summed E-state index contributed by atoms with van der Waals surface area (Å²) in [7, 11) is -3.54. The number of hydrogen-bond donors (Lipinski definition) is 2. The van der Waals surface area contributed by atoms with Crippen LogP contribution in [0.2, 0.25) is 5.02 Å². The normalized spacial score (nSPS) is 14.7. The van der Waals surface area contributed by atoms with E-state index in [1.807, 2.05) is 26.0 Å². The second-order valence-electron chi connectivity index (χ2n) is 14.4. The number of nitrogens with one attached hydrogen (secondary N) is 2. The molecule has 1 fully saturated rings. The van der Waals surface area contributed by atoms with Crippen molar-refractivity contribution in [1.82, 2.24) is 19.9 Å². The lowest BCUT2D eigenvalue weighted by atomic mass is 9.77. The number of imide groups is 1. The molecule has 1 aliphatic rings. The number of sulfonamides is 1. The van der Waals surface area contributed by atoms with Crippen LogP contribution in [0.4, 0.5) is 14.7 Å². The zero-order valence-electron chi connectivity index (χ0n) is 32.1. The standard InChI is InChI=1S/C41H39ClF2N6O8S/c1-40(2,27-4-6-30(7-5-27)58-24-29-12-16-46-39(47-29)49-59(3,54)55)28-20-26(23-45)36(33(42)22-28)57-19-15-41(43,44)14-18-56-31-8-9-32-25(21-31)13-17-50(38(32)53)34-10-11-35(51)48-37(34)52/h4-9,12-13,16-17,20-22,34H,10-11,14-15,18-19,24H2,1-3H3,(H,46,47,49)(H,48,51,52). The first-order valence-corrected chi connectivity index (χ1v) is 20.6. The van der Waals surface area contributed by atoms with Gasteiger partial charge in [-0.15, -0.1) is 0 Å². The van der Waals surface area contributed by atoms with Crippen LogP contribution in [0, 0.1) is 11.3 Å². The summed E-state index contributed by atoms with van der Waals surface area (Å²) in [5.41, 5.74) is 1.01. The van der Waals surface area contributed by atoms with Gasteiger partial charge in [-0.05, 0) is 77.5 Å². The second-order valence-corrected chi connectivity index (χ2v) is 16.6. The number of halogens is 3. The molecule has 59 heavy (non-hydrogen) atoms. The minimum atomic E-state index is -3.54. The number of rotatable bonds is 16. The van der Waals surface area contributed by atoms with Crippen molar-refractivity contribution in [1.29, 1.82) is 5.26 Å². The van der Waals surface area contributed by atoms with E-state index in [2.05, 4.69) is 26.1 Å². The van der Waals surface area contributed by atoms with Gasteiger partial charge in [-0.1, -0.05) is 37.6 Å². The highest BCUT2D eigenvalue weighted by Crippen LogP contribution is 2.39. The van der Waals surface area contributed by atoms with E-state index in [9.17, 15) is 36.8 Å². The number of carbonyl (C=O) groups excluding carboxylic acids is 2. The van der Waals surface area contributed by atoms with Gasteiger partial charge >= 0.3 is 0 Å². The number of pyridine rings is 1. The van der Waals surface area contributed by atoms with E-state index >= 15 is 0 Å². The summed E-state index contributed by atoms with van der Waals surface area (Å²) in [6.07, 6.45) is 2.90. The van der Waals surface area contributed by atoms with Crippen LogP contribution in [-0.2, 0) is 31.6 Å². The minimum absolute atomic E-state index is 0.00281. The first-order chi connectivity index (χ1) is 27.9. The molecule has 0 radical (unpaired) electrons. The van der Waals surface area contributed by atoms with Crippen molar-refractivity contribution in [3.63, 3.8) is 0 Å². The number of benzene rings is 3. The highest BCUT2D eigenvalue weighted by molar-refractivity contribution is 7.92. The van der Waals surface area contributed by atoms with Crippen molar-refractivity contribution in [2.45, 2.75) is 63.5 Å². The maximum atomic E-state index is 14.9. The highest BCUT2D eigenvalue weighted by Gasteiger charge is 2.31. The van der Waals surface area contributed by atoms with Crippen molar-refractivity contribution < 1.29 is 41.0 Å². The molecule has 1 saturated heterocycles. The number of carbonyl (C=O) groups is 2. The summed E-state index contributed by atoms with van der Waals surface area (Å²) < 4.78 is 73.5. The fourth-order valence-corrected chi connectivity index (χ4v) is 7.14. The Morgan fingerprint density at radius 3 is 2.37 bits per heavy atom. The molecule has 2 aromatic heterocycles. The van der Waals surface area contributed by atoms with E-state index < -0.39 is 58.3 Å². The predicted molar refractivity (Wildman–Crippen MR) is 214 cm³/mol. The van der Waals surface area contributed by atoms with Gasteiger partial charge in [0.05, 0.1) is 35.7 Å². The Morgan fingerprint density at radius 1 is 0.966 bits per heavy atom. The molecule has 2 amide bonds. The Hall–Kier alpha value is -6.12. The Kier molecular flexibility index (Phi) is 12.5. The average molecular weight is 849 g/mol. The summed E-state index contributed by atoms with van der Waals surface area (Å²) in [5, 5.41) is 13.1. The minimum Gasteiger partial charge on any atom is -0.493 e. The molecule has 0 saturated carbocycles. The van der Waals surface area contributed by atoms with Crippen molar-refractivity contribution >= 4 is 50.2 Å². The number of aromatic nitrogens is 3. The van der Waals surface area contributed by atoms with Gasteiger partial charge in [-0.3, -0.25) is 24.4 Å². The summed E-state index contributed by atoms with van der Waals surface area (Å²) in [5.74, 6) is -3.38. The molecule has 1 unspecified atom stereocenters. The fraction of sp³-hybridized carbons (Fsp3) is 0.317. The van der Waals surface area contributed by atoms with Gasteiger partial charge in [0.15, 0.2) is 5.75 Å². The van der Waals surface area contributed by atoms with Crippen LogP contribution in [0.3, 0.4) is 0 Å². The van der Waals surface area contributed by atoms with Crippen LogP contribution in [0.15, 0.2) is 83.9 Å². The molecular weight excluding hydrogens is 810 g/mol. The third kappa shape index (κ3) is 10.5. The van der Waals surface area contributed by atoms with Gasteiger partial charge in [0.2, 0.25) is 27.8 Å². The Labute approximate surface area is 343 Å². The molecule has 3 heterocycles. The van der Waals surface area contributed by atoms with E-state index in [0.29, 0.717) is 27.8 Å². The van der Waals surface area contributed by atoms with E-state index in [1.165, 1.54) is 29.1 Å². The van der Waals surface area contributed by atoms with Gasteiger partial charge in [-0.25, -0.2) is 27.2 Å². The SMILES string of the molecule is CC(C)(c1ccc(OCc2ccnc(NS(C)(=O)=O)n2)cc1)c1cc(Cl)c(OCCC(F)(F)CCOc2ccc3c(=O)n(C4CCC(=O)NC4=O)ccc3c2)c(C#N)c1. The molecule has 0 spiro atoms. The largest absolute Gasteiger partial charge is 0.493 e. The molecule has 308 valence electrons. The van der Waals surface area contributed by atoms with Crippen LogP contribution in [0.5, 0.6) is 17.2 Å². The third-order valence-electron chi connectivity index (χ3n) is 9.74. The maximum absolute atomic E-state index is 14.9. The lowest BCUT2D eigenvalue weighted by Crippen LogP contribution is -2.44. The van der Waals surface area contributed by atoms with E-state index in [1.54, 1.807) is 42.5 Å². The third-order valence-corrected chi connectivity index (χ3v) is 10.6. The molecule has 5 aromatic rings. The summed E-state index contributed by atoms with van der Waals surface area (Å²) >= 11 is 6.59. The lowest BCUT2D eigenvalue weighted by molar-refractivity contribution is -0.135. The zero-order valence-corrected chi connectivity index (χ0v) is 33.7. The number of nitrogens with zero attached hydrogens (tertiary/aromatic N) is 4. The van der Waals surface area contributed by atoms with Crippen LogP contribution in [0.25, 0.3) is 10.8 Å². The van der Waals surface area contributed by atoms with Gasteiger partial charge in [0.1, 0.15) is 30.2 Å². The maximum Gasteiger partial charge on any atom is 0.259 e. The van der Waals surface area contributed by atoms with Crippen LogP contribution in [0.1, 0.15) is 68.0 Å². The van der Waals surface area contributed by atoms with Gasteiger partial charge in [0.25, 0.3) is 11.5 Å². The lowest BCUT2D eigenvalue weighted by Gasteiger charge is -2.27. The number of amides is 2. The molecule has 3 aromatic carbocycles. The van der Waals surface area contributed by atoms with Gasteiger partial charge in [-0.2, -0.15) is 5.26 Å². The molecule has 1 atom stereocenters. The van der Waals surface area contributed by atoms with Crippen molar-refractivity contribution in [3.8, 4) is 23.3 Å². The first-order valence-electron chi connectivity index (χ1n) is 18.3. The number of anilines is 1. The summed E-state index contributed by atoms with van der Waals surface area (Å²) in [6.45, 7) is 3.18. The predicted octanol–water partition coefficient (Wildman–Crippen LogP) is 6.44. The Bertz CT molecular complexity index is 2620. The topological polar surface area (TPSA) is 192 Å². The summed E-state index contributed by atoms with van der Waals surface area (Å²) in [4.78, 5) is 44.9. The fourth-order valence-electron chi connectivity index (χ4n) is 6.44. The van der Waals surface area contributed by atoms with E-state index in [4.69, 9.17) is 25.8 Å². The number of nitriles is 1. The monoisotopic (exact) mass is 848 g/mol. The smallest absolute Gasteiger partial charge is 0.259 e. The number of alkyl halides is 2. The van der Waals surface area contributed by atoms with Gasteiger partial charge in [0, 0.05) is 42.5 Å². The second kappa shape index (κ2) is 17.4. The van der Waals surface area contributed by atoms with Crippen LogP contribution < -0.4 is 29.8 Å². The molecule has 1 aliphatic heterocycles. The van der Waals surface area contributed by atoms with Crippen molar-refractivity contribution in [2.24, 2.45) is 0 Å². The quantitative estimate of drug-likeness (QED) is 0.104. The van der Waals surface area contributed by atoms with Crippen LogP contribution >= 0.6 is 11.6 Å². The van der Waals surface area contributed by atoms with E-state index in [-0.39, 0.29) is 60.0 Å². The molecule has 0 bridgehead atoms. The number of fused-ring (bicyclic) bond motifs is 1. The summed E-state index contributed by atoms with van der Waals surface area (Å²) in [6, 6.07) is 19.5. The van der Waals surface area contributed by atoms with Gasteiger partial charge < -0.3 is 18.8 Å². The van der Waals surface area contributed by atoms with Crippen molar-refractivity contribution in [2.75, 3.05) is 24.2 Å². The molecule has 0 aliphatic carbocycles. The van der Waals surface area contributed by atoms with Crippen molar-refractivity contribution in [3.05, 3.63) is 117 Å². The number of ether oxygens (including phenoxy) is 3. The molecular formula is C41H39ClF2N6O8S. The molecule has 2 N–H and O–H groups in total. The average Bonchev–Trinajstić information content (AvgIpc) is 3.17. The zero-order chi connectivity index (χ0) is 42.5. The van der Waals surface area contributed by atoms with E-state index in [0.717, 1.165) is 11.8 Å². The molecule has 18 heteroatoms. The number of piperidine rings is 1. The molecule has 6 rings (SSSR count). The Balaban J connectivity index is 1.02. The Morgan fingerprint density at radius 2 is 1.68 bits per heavy atom. The molecule has 14 nitrogen and oxygen atoms in total. The highest BCUT2D eigenvalue weighted by atomic mass is 35.5. The first kappa shape index (κ1) is 42.5. The number of hydrogen-bond acceptors (Lipinski definition) is 11.